The second-order valence-electron chi connectivity index (χ2n) is 11.6. The number of benzene rings is 1. The Morgan fingerprint density at radius 3 is 2.37 bits per heavy atom. The highest BCUT2D eigenvalue weighted by Gasteiger charge is 2.54. The summed E-state index contributed by atoms with van der Waals surface area (Å²) < 4.78 is 51.4. The van der Waals surface area contributed by atoms with E-state index in [0.717, 1.165) is 9.25 Å². The number of nitrogens with zero attached hydrogens (tertiary/aromatic N) is 7. The van der Waals surface area contributed by atoms with Crippen molar-refractivity contribution in [1.82, 2.24) is 44.7 Å². The van der Waals surface area contributed by atoms with E-state index in [2.05, 4.69) is 25.5 Å². The van der Waals surface area contributed by atoms with Gasteiger partial charge in [0.15, 0.2) is 17.5 Å². The lowest BCUT2D eigenvalue weighted by atomic mass is 10.2. The quantitative estimate of drug-likeness (QED) is 0.268. The van der Waals surface area contributed by atoms with Gasteiger partial charge in [-0.1, -0.05) is 23.2 Å². The topological polar surface area (TPSA) is 151 Å². The molecule has 244 valence electrons. The van der Waals surface area contributed by atoms with Crippen LogP contribution in [-0.2, 0) is 22.6 Å². The predicted octanol–water partition coefficient (Wildman–Crippen LogP) is 4.15. The Morgan fingerprint density at radius 1 is 1.07 bits per heavy atom. The lowest BCUT2D eigenvalue weighted by Gasteiger charge is -2.26. The van der Waals surface area contributed by atoms with E-state index in [0.29, 0.717) is 10.0 Å². The Balaban J connectivity index is 1.44. The Kier molecular flexibility index (Phi) is 8.88. The molecule has 13 nitrogen and oxygen atoms in total. The standard InChI is InChI=1S/C28H28Cl2F3N9O4/c1-26(2,3)46-24(44)37-27(10-11-27)23(43)36-19(28(31,32)33)13-40-21(16-6-8-17(29)9-7-16)39-41(25(40)45)14-20-35-15-42(38-20)22-18(30)5-4-12-34-22/h4-9,12,15,19H,10-11,13-14H2,1-3H3,(H,36,43)(H,37,44). The van der Waals surface area contributed by atoms with Crippen LogP contribution in [-0.4, -0.2) is 69.5 Å². The predicted molar refractivity (Wildman–Crippen MR) is 160 cm³/mol. The minimum atomic E-state index is -4.99. The van der Waals surface area contributed by atoms with Crippen LogP contribution in [0.1, 0.15) is 39.4 Å². The molecule has 3 aromatic heterocycles. The lowest BCUT2D eigenvalue weighted by molar-refractivity contribution is -0.165. The average Bonchev–Trinajstić information content (AvgIpc) is 3.48. The number of hydrogen-bond donors (Lipinski definition) is 2. The molecule has 5 rings (SSSR count). The van der Waals surface area contributed by atoms with Crippen molar-refractivity contribution in [2.45, 2.75) is 70.1 Å². The van der Waals surface area contributed by atoms with Crippen LogP contribution < -0.4 is 16.3 Å². The molecule has 3 heterocycles. The highest BCUT2D eigenvalue weighted by Crippen LogP contribution is 2.37. The van der Waals surface area contributed by atoms with Gasteiger partial charge in [-0.05, 0) is 70.0 Å². The van der Waals surface area contributed by atoms with Crippen molar-refractivity contribution in [3.63, 3.8) is 0 Å². The van der Waals surface area contributed by atoms with Crippen LogP contribution >= 0.6 is 23.2 Å². The maximum Gasteiger partial charge on any atom is 0.410 e. The number of ether oxygens (including phenoxy) is 1. The maximum absolute atomic E-state index is 14.4. The van der Waals surface area contributed by atoms with Crippen LogP contribution in [0.25, 0.3) is 17.2 Å². The smallest absolute Gasteiger partial charge is 0.410 e. The molecular formula is C28H28Cl2F3N9O4. The molecule has 1 fully saturated rings. The summed E-state index contributed by atoms with van der Waals surface area (Å²) in [4.78, 5) is 47.3. The molecule has 1 unspecified atom stereocenters. The summed E-state index contributed by atoms with van der Waals surface area (Å²) >= 11 is 12.2. The van der Waals surface area contributed by atoms with E-state index in [9.17, 15) is 27.6 Å². The van der Waals surface area contributed by atoms with Gasteiger partial charge in [0, 0.05) is 16.8 Å². The van der Waals surface area contributed by atoms with Crippen molar-refractivity contribution in [3.8, 4) is 17.2 Å². The zero-order valence-corrected chi connectivity index (χ0v) is 26.2. The summed E-state index contributed by atoms with van der Waals surface area (Å²) in [6.07, 6.45) is -2.88. The summed E-state index contributed by atoms with van der Waals surface area (Å²) in [7, 11) is 0. The fourth-order valence-electron chi connectivity index (χ4n) is 4.42. The van der Waals surface area contributed by atoms with Gasteiger partial charge in [-0.2, -0.15) is 13.2 Å². The second kappa shape index (κ2) is 12.4. The van der Waals surface area contributed by atoms with Crippen molar-refractivity contribution in [2.24, 2.45) is 0 Å². The molecule has 0 aliphatic heterocycles. The molecule has 1 saturated carbocycles. The first kappa shape index (κ1) is 32.9. The summed E-state index contributed by atoms with van der Waals surface area (Å²) in [5.74, 6) is -0.802. The van der Waals surface area contributed by atoms with Crippen LogP contribution in [0.3, 0.4) is 0 Å². The molecule has 4 aromatic rings. The minimum Gasteiger partial charge on any atom is -0.444 e. The second-order valence-corrected chi connectivity index (χ2v) is 12.4. The number of alkyl carbamates (subject to hydrolysis) is 1. The van der Waals surface area contributed by atoms with Gasteiger partial charge in [-0.15, -0.1) is 10.2 Å². The zero-order valence-electron chi connectivity index (χ0n) is 24.7. The van der Waals surface area contributed by atoms with Crippen molar-refractivity contribution < 1.29 is 27.5 Å². The number of carbonyl (C=O) groups excluding carboxylic acids is 2. The molecule has 46 heavy (non-hydrogen) atoms. The Bertz CT molecular complexity index is 1810. The highest BCUT2D eigenvalue weighted by molar-refractivity contribution is 6.32. The molecule has 1 atom stereocenters. The maximum atomic E-state index is 14.4. The number of alkyl halides is 3. The summed E-state index contributed by atoms with van der Waals surface area (Å²) in [5.41, 5.74) is -3.09. The van der Waals surface area contributed by atoms with Gasteiger partial charge < -0.3 is 15.4 Å². The third-order valence-electron chi connectivity index (χ3n) is 6.80. The first-order valence-electron chi connectivity index (χ1n) is 13.9. The fraction of sp³-hybridized carbons (Fsp3) is 0.393. The van der Waals surface area contributed by atoms with Crippen LogP contribution in [0.5, 0.6) is 0 Å². The van der Waals surface area contributed by atoms with Gasteiger partial charge in [0.05, 0.1) is 11.6 Å². The van der Waals surface area contributed by atoms with Crippen molar-refractivity contribution in [3.05, 3.63) is 75.3 Å². The van der Waals surface area contributed by atoms with Gasteiger partial charge >= 0.3 is 18.0 Å². The normalized spacial score (nSPS) is 14.9. The molecule has 0 saturated heterocycles. The third-order valence-corrected chi connectivity index (χ3v) is 7.35. The number of nitrogens with one attached hydrogen (secondary N) is 2. The third kappa shape index (κ3) is 7.50. The molecular weight excluding hydrogens is 654 g/mol. The van der Waals surface area contributed by atoms with Crippen molar-refractivity contribution >= 4 is 35.2 Å². The Hall–Kier alpha value is -4.44. The number of pyridine rings is 1. The number of carbonyl (C=O) groups is 2. The Labute approximate surface area is 269 Å². The van der Waals surface area contributed by atoms with E-state index in [1.165, 1.54) is 41.5 Å². The van der Waals surface area contributed by atoms with E-state index in [-0.39, 0.29) is 42.4 Å². The SMILES string of the molecule is CC(C)(C)OC(=O)NC1(C(=O)NC(Cn2c(-c3ccc(Cl)cc3)nn(Cc3ncn(-c4ncccc4Cl)n3)c2=O)C(F)(F)F)CC1. The van der Waals surface area contributed by atoms with Crippen LogP contribution in [0.4, 0.5) is 18.0 Å². The molecule has 0 radical (unpaired) electrons. The number of halogens is 5. The van der Waals surface area contributed by atoms with E-state index < -0.39 is 47.6 Å². The monoisotopic (exact) mass is 681 g/mol. The Morgan fingerprint density at radius 2 is 1.76 bits per heavy atom. The lowest BCUT2D eigenvalue weighted by Crippen LogP contribution is -2.57. The van der Waals surface area contributed by atoms with Gasteiger partial charge in [-0.25, -0.2) is 28.9 Å². The number of rotatable bonds is 9. The van der Waals surface area contributed by atoms with Crippen LogP contribution in [0.15, 0.2) is 53.7 Å². The molecule has 1 aromatic carbocycles. The van der Waals surface area contributed by atoms with Crippen molar-refractivity contribution in [2.75, 3.05) is 0 Å². The number of amides is 2. The van der Waals surface area contributed by atoms with E-state index in [4.69, 9.17) is 27.9 Å². The number of aromatic nitrogens is 7. The number of hydrogen-bond acceptors (Lipinski definition) is 8. The fourth-order valence-corrected chi connectivity index (χ4v) is 4.75. The van der Waals surface area contributed by atoms with Gasteiger partial charge in [-0.3, -0.25) is 9.36 Å². The summed E-state index contributed by atoms with van der Waals surface area (Å²) in [6.45, 7) is 3.50. The molecule has 0 bridgehead atoms. The first-order chi connectivity index (χ1) is 21.5. The van der Waals surface area contributed by atoms with Crippen LogP contribution in [0.2, 0.25) is 10.0 Å². The molecule has 2 N–H and O–H groups in total. The first-order valence-corrected chi connectivity index (χ1v) is 14.6. The van der Waals surface area contributed by atoms with E-state index >= 15 is 0 Å². The molecule has 2 amide bonds. The molecule has 18 heteroatoms. The molecule has 1 aliphatic rings. The minimum absolute atomic E-state index is 0.0979. The van der Waals surface area contributed by atoms with Crippen molar-refractivity contribution in [1.29, 1.82) is 0 Å². The van der Waals surface area contributed by atoms with Gasteiger partial charge in [0.1, 0.15) is 30.1 Å². The van der Waals surface area contributed by atoms with E-state index in [1.54, 1.807) is 32.9 Å². The molecule has 0 spiro atoms. The highest BCUT2D eigenvalue weighted by atomic mass is 35.5. The largest absolute Gasteiger partial charge is 0.444 e. The zero-order chi connectivity index (χ0) is 33.4. The summed E-state index contributed by atoms with van der Waals surface area (Å²) in [6, 6.07) is 6.68. The average molecular weight is 682 g/mol. The molecule has 1 aliphatic carbocycles. The van der Waals surface area contributed by atoms with Gasteiger partial charge in [0.25, 0.3) is 0 Å². The van der Waals surface area contributed by atoms with E-state index in [1.807, 2.05) is 5.32 Å². The van der Waals surface area contributed by atoms with Gasteiger partial charge in [0.2, 0.25) is 5.91 Å². The van der Waals surface area contributed by atoms with Crippen LogP contribution in [0, 0.1) is 0 Å². The summed E-state index contributed by atoms with van der Waals surface area (Å²) in [5, 5.41) is 13.6.